The average Bonchev–Trinajstić information content (AvgIpc) is 2.13. The molecule has 0 atom stereocenters. The van der Waals surface area contributed by atoms with Gasteiger partial charge in [0.1, 0.15) is 0 Å². The van der Waals surface area contributed by atoms with Crippen LogP contribution in [0.4, 0.5) is 10.5 Å². The fourth-order valence-electron chi connectivity index (χ4n) is 1.40. The van der Waals surface area contributed by atoms with Crippen molar-refractivity contribution in [3.05, 3.63) is 29.3 Å². The van der Waals surface area contributed by atoms with Crippen molar-refractivity contribution in [2.75, 3.05) is 11.9 Å². The molecule has 0 aliphatic rings. The van der Waals surface area contributed by atoms with Crippen molar-refractivity contribution in [2.24, 2.45) is 0 Å². The lowest BCUT2D eigenvalue weighted by Gasteiger charge is -2.07. The first-order valence-corrected chi connectivity index (χ1v) is 5.14. The molecule has 82 valence electrons. The molecule has 0 radical (unpaired) electrons. The number of aryl methyl sites for hydroxylation is 2. The molecular formula is C12H17NO2. The van der Waals surface area contributed by atoms with E-state index in [1.165, 1.54) is 0 Å². The lowest BCUT2D eigenvalue weighted by molar-refractivity contribution is 0.161. The second-order valence-electron chi connectivity index (χ2n) is 3.64. The Balaban J connectivity index is 2.60. The predicted octanol–water partition coefficient (Wildman–Crippen LogP) is 3.26. The third-order valence-electron chi connectivity index (χ3n) is 1.91. The maximum atomic E-state index is 11.3. The molecule has 15 heavy (non-hydrogen) atoms. The van der Waals surface area contributed by atoms with Crippen molar-refractivity contribution in [3.8, 4) is 0 Å². The monoisotopic (exact) mass is 207 g/mol. The molecule has 3 heteroatoms. The molecule has 0 aromatic heterocycles. The molecule has 0 saturated carbocycles. The normalized spacial score (nSPS) is 9.80. The van der Waals surface area contributed by atoms with E-state index in [1.807, 2.05) is 32.9 Å². The number of hydrogen-bond donors (Lipinski definition) is 1. The lowest BCUT2D eigenvalue weighted by atomic mass is 10.1. The summed E-state index contributed by atoms with van der Waals surface area (Å²) in [5.41, 5.74) is 3.04. The van der Waals surface area contributed by atoms with E-state index < -0.39 is 0 Å². The number of nitrogens with one attached hydrogen (secondary N) is 1. The molecule has 0 aliphatic carbocycles. The van der Waals surface area contributed by atoms with Crippen LogP contribution in [0.15, 0.2) is 18.2 Å². The number of ether oxygens (including phenoxy) is 1. The summed E-state index contributed by atoms with van der Waals surface area (Å²) in [7, 11) is 0. The maximum Gasteiger partial charge on any atom is 0.411 e. The SMILES string of the molecule is CCCOC(=O)Nc1cc(C)cc(C)c1. The van der Waals surface area contributed by atoms with Crippen molar-refractivity contribution in [2.45, 2.75) is 27.2 Å². The molecule has 1 aromatic carbocycles. The van der Waals surface area contributed by atoms with Crippen molar-refractivity contribution in [3.63, 3.8) is 0 Å². The van der Waals surface area contributed by atoms with Crippen molar-refractivity contribution in [1.29, 1.82) is 0 Å². The van der Waals surface area contributed by atoms with Gasteiger partial charge in [-0.3, -0.25) is 5.32 Å². The van der Waals surface area contributed by atoms with Gasteiger partial charge in [0.05, 0.1) is 6.61 Å². The zero-order valence-electron chi connectivity index (χ0n) is 9.46. The Morgan fingerprint density at radius 2 is 1.87 bits per heavy atom. The van der Waals surface area contributed by atoms with Gasteiger partial charge in [-0.05, 0) is 43.5 Å². The number of benzene rings is 1. The fourth-order valence-corrected chi connectivity index (χ4v) is 1.40. The Hall–Kier alpha value is -1.51. The van der Waals surface area contributed by atoms with E-state index >= 15 is 0 Å². The van der Waals surface area contributed by atoms with Gasteiger partial charge < -0.3 is 4.74 Å². The van der Waals surface area contributed by atoms with E-state index in [9.17, 15) is 4.79 Å². The van der Waals surface area contributed by atoms with E-state index in [0.717, 1.165) is 23.2 Å². The largest absolute Gasteiger partial charge is 0.449 e. The first-order valence-electron chi connectivity index (χ1n) is 5.14. The summed E-state index contributed by atoms with van der Waals surface area (Å²) in [6.07, 6.45) is 0.446. The Morgan fingerprint density at radius 1 is 1.27 bits per heavy atom. The van der Waals surface area contributed by atoms with Crippen molar-refractivity contribution >= 4 is 11.8 Å². The van der Waals surface area contributed by atoms with Crippen molar-refractivity contribution < 1.29 is 9.53 Å². The second kappa shape index (κ2) is 5.39. The second-order valence-corrected chi connectivity index (χ2v) is 3.64. The average molecular weight is 207 g/mol. The first kappa shape index (κ1) is 11.6. The molecule has 0 aliphatic heterocycles. The summed E-state index contributed by atoms with van der Waals surface area (Å²) in [6, 6.07) is 5.89. The highest BCUT2D eigenvalue weighted by Crippen LogP contribution is 2.13. The summed E-state index contributed by atoms with van der Waals surface area (Å²) in [5.74, 6) is 0. The van der Waals surface area contributed by atoms with Crippen LogP contribution in [0.2, 0.25) is 0 Å². The van der Waals surface area contributed by atoms with Crippen LogP contribution in [0.25, 0.3) is 0 Å². The van der Waals surface area contributed by atoms with Gasteiger partial charge in [0, 0.05) is 5.69 Å². The van der Waals surface area contributed by atoms with Crippen LogP contribution in [0.5, 0.6) is 0 Å². The van der Waals surface area contributed by atoms with Gasteiger partial charge in [0.2, 0.25) is 0 Å². The number of carbonyl (C=O) groups is 1. The topological polar surface area (TPSA) is 38.3 Å². The molecule has 0 spiro atoms. The van der Waals surface area contributed by atoms with Gasteiger partial charge >= 0.3 is 6.09 Å². The molecule has 0 fully saturated rings. The Morgan fingerprint density at radius 3 is 2.40 bits per heavy atom. The fraction of sp³-hybridized carbons (Fsp3) is 0.417. The summed E-state index contributed by atoms with van der Waals surface area (Å²) in [6.45, 7) is 6.41. The Bertz CT molecular complexity index is 327. The highest BCUT2D eigenvalue weighted by atomic mass is 16.5. The minimum absolute atomic E-state index is 0.387. The van der Waals surface area contributed by atoms with Gasteiger partial charge in [0.25, 0.3) is 0 Å². The number of carbonyl (C=O) groups excluding carboxylic acids is 1. The molecule has 0 unspecified atom stereocenters. The summed E-state index contributed by atoms with van der Waals surface area (Å²) in [4.78, 5) is 11.3. The molecule has 0 saturated heterocycles. The third kappa shape index (κ3) is 4.02. The highest BCUT2D eigenvalue weighted by Gasteiger charge is 2.02. The van der Waals surface area contributed by atoms with E-state index in [-0.39, 0.29) is 6.09 Å². The minimum Gasteiger partial charge on any atom is -0.449 e. The van der Waals surface area contributed by atoms with Crippen LogP contribution in [0.1, 0.15) is 24.5 Å². The van der Waals surface area contributed by atoms with Gasteiger partial charge in [-0.2, -0.15) is 0 Å². The highest BCUT2D eigenvalue weighted by molar-refractivity contribution is 5.84. The first-order chi connectivity index (χ1) is 7.11. The maximum absolute atomic E-state index is 11.3. The third-order valence-corrected chi connectivity index (χ3v) is 1.91. The molecule has 1 aromatic rings. The minimum atomic E-state index is -0.387. The van der Waals surface area contributed by atoms with E-state index in [2.05, 4.69) is 11.4 Å². The van der Waals surface area contributed by atoms with Gasteiger partial charge in [-0.25, -0.2) is 4.79 Å². The molecule has 3 nitrogen and oxygen atoms in total. The predicted molar refractivity (Wildman–Crippen MR) is 61.2 cm³/mol. The van der Waals surface area contributed by atoms with Crippen LogP contribution in [0.3, 0.4) is 0 Å². The number of amides is 1. The Kier molecular flexibility index (Phi) is 4.16. The standard InChI is InChI=1S/C12H17NO2/c1-4-5-15-12(14)13-11-7-9(2)6-10(3)8-11/h6-8H,4-5H2,1-3H3,(H,13,14). The van der Waals surface area contributed by atoms with Crippen LogP contribution < -0.4 is 5.32 Å². The van der Waals surface area contributed by atoms with Gasteiger partial charge in [-0.15, -0.1) is 0 Å². The van der Waals surface area contributed by atoms with Crippen LogP contribution >= 0.6 is 0 Å². The summed E-state index contributed by atoms with van der Waals surface area (Å²) in [5, 5.41) is 2.70. The quantitative estimate of drug-likeness (QED) is 0.826. The van der Waals surface area contributed by atoms with Crippen LogP contribution in [-0.2, 0) is 4.74 Å². The Labute approximate surface area is 90.4 Å². The van der Waals surface area contributed by atoms with E-state index in [0.29, 0.717) is 6.61 Å². The summed E-state index contributed by atoms with van der Waals surface area (Å²) < 4.78 is 4.92. The molecule has 1 N–H and O–H groups in total. The van der Waals surface area contributed by atoms with Crippen LogP contribution in [-0.4, -0.2) is 12.7 Å². The molecule has 1 amide bonds. The lowest BCUT2D eigenvalue weighted by Crippen LogP contribution is -2.14. The molecular weight excluding hydrogens is 190 g/mol. The zero-order valence-corrected chi connectivity index (χ0v) is 9.46. The van der Waals surface area contributed by atoms with E-state index in [4.69, 9.17) is 4.74 Å². The number of anilines is 1. The molecule has 1 rings (SSSR count). The number of rotatable bonds is 3. The van der Waals surface area contributed by atoms with Gasteiger partial charge in [0.15, 0.2) is 0 Å². The molecule has 0 bridgehead atoms. The summed E-state index contributed by atoms with van der Waals surface area (Å²) >= 11 is 0. The van der Waals surface area contributed by atoms with Crippen LogP contribution in [0, 0.1) is 13.8 Å². The number of hydrogen-bond acceptors (Lipinski definition) is 2. The molecule has 0 heterocycles. The van der Waals surface area contributed by atoms with Crippen molar-refractivity contribution in [1.82, 2.24) is 0 Å². The smallest absolute Gasteiger partial charge is 0.411 e. The van der Waals surface area contributed by atoms with Gasteiger partial charge in [-0.1, -0.05) is 13.0 Å². The van der Waals surface area contributed by atoms with E-state index in [1.54, 1.807) is 0 Å². The zero-order chi connectivity index (χ0) is 11.3.